The second-order valence-electron chi connectivity index (χ2n) is 7.81. The molecule has 1 N–H and O–H groups in total. The second-order valence-corrected chi connectivity index (χ2v) is 8.25. The molecule has 0 saturated carbocycles. The number of hydrogen-bond acceptors (Lipinski definition) is 5. The zero-order chi connectivity index (χ0) is 23.1. The number of piperidine rings is 1. The minimum atomic E-state index is -0.586. The van der Waals surface area contributed by atoms with Crippen molar-refractivity contribution in [2.24, 2.45) is 5.92 Å². The van der Waals surface area contributed by atoms with Gasteiger partial charge in [0.1, 0.15) is 11.5 Å². The van der Waals surface area contributed by atoms with Gasteiger partial charge in [0.15, 0.2) is 6.10 Å². The SMILES string of the molecule is CC(=O)Oc1cccc(C(=O)NCC2CCN(C(=O)C(C)Oc3ccc(Cl)cc3)CC2)c1. The van der Waals surface area contributed by atoms with Crippen LogP contribution in [-0.4, -0.2) is 48.4 Å². The Kier molecular flexibility index (Phi) is 8.11. The van der Waals surface area contributed by atoms with Crippen LogP contribution >= 0.6 is 11.6 Å². The van der Waals surface area contributed by atoms with Crippen molar-refractivity contribution in [2.45, 2.75) is 32.8 Å². The fraction of sp³-hybridized carbons (Fsp3) is 0.375. The number of nitrogens with one attached hydrogen (secondary N) is 1. The smallest absolute Gasteiger partial charge is 0.308 e. The van der Waals surface area contributed by atoms with Gasteiger partial charge >= 0.3 is 5.97 Å². The first kappa shape index (κ1) is 23.6. The highest BCUT2D eigenvalue weighted by atomic mass is 35.5. The Morgan fingerprint density at radius 1 is 1.09 bits per heavy atom. The largest absolute Gasteiger partial charge is 0.481 e. The van der Waals surface area contributed by atoms with Crippen molar-refractivity contribution in [3.63, 3.8) is 0 Å². The molecule has 1 saturated heterocycles. The van der Waals surface area contributed by atoms with E-state index < -0.39 is 12.1 Å². The lowest BCUT2D eigenvalue weighted by atomic mass is 9.96. The normalized spacial score (nSPS) is 15.0. The third kappa shape index (κ3) is 6.72. The fourth-order valence-corrected chi connectivity index (χ4v) is 3.71. The number of amides is 2. The number of benzene rings is 2. The van der Waals surface area contributed by atoms with E-state index in [0.717, 1.165) is 12.8 Å². The van der Waals surface area contributed by atoms with Crippen molar-refractivity contribution >= 4 is 29.4 Å². The van der Waals surface area contributed by atoms with Gasteiger partial charge in [-0.1, -0.05) is 17.7 Å². The molecule has 32 heavy (non-hydrogen) atoms. The molecule has 0 aliphatic carbocycles. The van der Waals surface area contributed by atoms with Gasteiger partial charge < -0.3 is 19.7 Å². The highest BCUT2D eigenvalue weighted by molar-refractivity contribution is 6.30. The monoisotopic (exact) mass is 458 g/mol. The van der Waals surface area contributed by atoms with Gasteiger partial charge in [-0.15, -0.1) is 0 Å². The average Bonchev–Trinajstić information content (AvgIpc) is 2.78. The number of carbonyl (C=O) groups is 3. The molecule has 8 heteroatoms. The molecule has 2 aromatic carbocycles. The predicted octanol–water partition coefficient (Wildman–Crippen LogP) is 3.70. The van der Waals surface area contributed by atoms with Crippen LogP contribution < -0.4 is 14.8 Å². The van der Waals surface area contributed by atoms with Crippen LogP contribution in [0, 0.1) is 5.92 Å². The summed E-state index contributed by atoms with van der Waals surface area (Å²) < 4.78 is 10.8. The number of halogens is 1. The van der Waals surface area contributed by atoms with E-state index in [1.54, 1.807) is 55.5 Å². The summed E-state index contributed by atoms with van der Waals surface area (Å²) in [5.74, 6) is 0.522. The Morgan fingerprint density at radius 3 is 2.44 bits per heavy atom. The number of hydrogen-bond donors (Lipinski definition) is 1. The lowest BCUT2D eigenvalue weighted by Gasteiger charge is -2.33. The lowest BCUT2D eigenvalue weighted by molar-refractivity contribution is -0.139. The van der Waals surface area contributed by atoms with Crippen LogP contribution in [0.15, 0.2) is 48.5 Å². The lowest BCUT2D eigenvalue weighted by Crippen LogP contribution is -2.46. The molecule has 1 atom stereocenters. The summed E-state index contributed by atoms with van der Waals surface area (Å²) in [6.45, 7) is 4.82. The third-order valence-corrected chi connectivity index (χ3v) is 5.56. The highest BCUT2D eigenvalue weighted by Crippen LogP contribution is 2.21. The number of ether oxygens (including phenoxy) is 2. The number of carbonyl (C=O) groups excluding carboxylic acids is 3. The van der Waals surface area contributed by atoms with Gasteiger partial charge in [-0.3, -0.25) is 14.4 Å². The van der Waals surface area contributed by atoms with Crippen molar-refractivity contribution in [1.82, 2.24) is 10.2 Å². The zero-order valence-electron chi connectivity index (χ0n) is 18.2. The molecule has 1 aliphatic heterocycles. The van der Waals surface area contributed by atoms with Gasteiger partial charge in [0.25, 0.3) is 11.8 Å². The maximum atomic E-state index is 12.7. The molecule has 170 valence electrons. The summed E-state index contributed by atoms with van der Waals surface area (Å²) in [5.41, 5.74) is 0.435. The van der Waals surface area contributed by atoms with Crippen molar-refractivity contribution < 1.29 is 23.9 Å². The Morgan fingerprint density at radius 2 is 1.78 bits per heavy atom. The van der Waals surface area contributed by atoms with E-state index in [2.05, 4.69) is 5.32 Å². The summed E-state index contributed by atoms with van der Waals surface area (Å²) in [6, 6.07) is 13.4. The molecule has 7 nitrogen and oxygen atoms in total. The van der Waals surface area contributed by atoms with E-state index in [1.807, 2.05) is 4.90 Å². The van der Waals surface area contributed by atoms with Crippen LogP contribution in [0.1, 0.15) is 37.0 Å². The molecular formula is C24H27ClN2O5. The van der Waals surface area contributed by atoms with Crippen LogP contribution in [-0.2, 0) is 9.59 Å². The van der Waals surface area contributed by atoms with Gasteiger partial charge in [-0.2, -0.15) is 0 Å². The van der Waals surface area contributed by atoms with Crippen LogP contribution in [0.3, 0.4) is 0 Å². The molecule has 0 aromatic heterocycles. The predicted molar refractivity (Wildman–Crippen MR) is 121 cm³/mol. The number of rotatable bonds is 7. The molecule has 1 aliphatic rings. The standard InChI is InChI=1S/C24H27ClN2O5/c1-16(31-21-8-6-20(25)7-9-21)24(30)27-12-10-18(11-13-27)15-26-23(29)19-4-3-5-22(14-19)32-17(2)28/h3-9,14,16,18H,10-13,15H2,1-2H3,(H,26,29). The zero-order valence-corrected chi connectivity index (χ0v) is 18.9. The fourth-order valence-electron chi connectivity index (χ4n) is 3.59. The Balaban J connectivity index is 1.43. The number of likely N-dealkylation sites (tertiary alicyclic amines) is 1. The van der Waals surface area contributed by atoms with E-state index in [9.17, 15) is 14.4 Å². The van der Waals surface area contributed by atoms with E-state index in [0.29, 0.717) is 41.7 Å². The van der Waals surface area contributed by atoms with Crippen LogP contribution in [0.4, 0.5) is 0 Å². The molecule has 1 heterocycles. The van der Waals surface area contributed by atoms with Gasteiger partial charge in [-0.05, 0) is 68.1 Å². The summed E-state index contributed by atoms with van der Waals surface area (Å²) in [6.07, 6.45) is 1.01. The summed E-state index contributed by atoms with van der Waals surface area (Å²) in [5, 5.41) is 3.55. The first-order valence-corrected chi connectivity index (χ1v) is 11.0. The molecule has 0 radical (unpaired) electrons. The highest BCUT2D eigenvalue weighted by Gasteiger charge is 2.27. The van der Waals surface area contributed by atoms with Crippen molar-refractivity contribution in [2.75, 3.05) is 19.6 Å². The average molecular weight is 459 g/mol. The molecule has 1 fully saturated rings. The quantitative estimate of drug-likeness (QED) is 0.505. The van der Waals surface area contributed by atoms with Crippen LogP contribution in [0.25, 0.3) is 0 Å². The summed E-state index contributed by atoms with van der Waals surface area (Å²) in [7, 11) is 0. The Hall–Kier alpha value is -3.06. The summed E-state index contributed by atoms with van der Waals surface area (Å²) in [4.78, 5) is 38.0. The van der Waals surface area contributed by atoms with Gasteiger partial charge in [-0.25, -0.2) is 0 Å². The van der Waals surface area contributed by atoms with Crippen molar-refractivity contribution in [1.29, 1.82) is 0 Å². The first-order valence-electron chi connectivity index (χ1n) is 10.6. The molecule has 1 unspecified atom stereocenters. The topological polar surface area (TPSA) is 84.9 Å². The minimum Gasteiger partial charge on any atom is -0.481 e. The van der Waals surface area contributed by atoms with Crippen LogP contribution in [0.2, 0.25) is 5.02 Å². The third-order valence-electron chi connectivity index (χ3n) is 5.31. The number of nitrogens with zero attached hydrogens (tertiary/aromatic N) is 1. The molecule has 2 amide bonds. The first-order chi connectivity index (χ1) is 15.3. The molecular weight excluding hydrogens is 432 g/mol. The Labute approximate surface area is 192 Å². The Bertz CT molecular complexity index is 955. The van der Waals surface area contributed by atoms with E-state index in [-0.39, 0.29) is 17.7 Å². The summed E-state index contributed by atoms with van der Waals surface area (Å²) >= 11 is 5.88. The number of esters is 1. The molecule has 0 spiro atoms. The van der Waals surface area contributed by atoms with Crippen molar-refractivity contribution in [3.8, 4) is 11.5 Å². The van der Waals surface area contributed by atoms with Crippen LogP contribution in [0.5, 0.6) is 11.5 Å². The maximum absolute atomic E-state index is 12.7. The maximum Gasteiger partial charge on any atom is 0.308 e. The van der Waals surface area contributed by atoms with Crippen molar-refractivity contribution in [3.05, 3.63) is 59.1 Å². The van der Waals surface area contributed by atoms with Gasteiger partial charge in [0.05, 0.1) is 0 Å². The van der Waals surface area contributed by atoms with Gasteiger partial charge in [0, 0.05) is 37.1 Å². The molecule has 2 aromatic rings. The minimum absolute atomic E-state index is 0.0512. The molecule has 0 bridgehead atoms. The van der Waals surface area contributed by atoms with E-state index >= 15 is 0 Å². The van der Waals surface area contributed by atoms with Gasteiger partial charge in [0.2, 0.25) is 0 Å². The molecule has 3 rings (SSSR count). The second kappa shape index (κ2) is 11.0. The van der Waals surface area contributed by atoms with E-state index in [1.165, 1.54) is 6.92 Å². The van der Waals surface area contributed by atoms with E-state index in [4.69, 9.17) is 21.1 Å².